The van der Waals surface area contributed by atoms with Crippen molar-refractivity contribution in [2.24, 2.45) is 0 Å². The number of rotatable bonds is 6. The maximum atomic E-state index is 10.9. The lowest BCUT2D eigenvalue weighted by molar-refractivity contribution is 0.112. The van der Waals surface area contributed by atoms with Crippen molar-refractivity contribution in [3.8, 4) is 11.5 Å². The molecule has 0 aliphatic heterocycles. The van der Waals surface area contributed by atoms with Crippen LogP contribution in [0, 0.1) is 0 Å². The molecule has 0 aliphatic rings. The molecular weight excluding hydrogens is 320 g/mol. The van der Waals surface area contributed by atoms with Gasteiger partial charge in [0.1, 0.15) is 0 Å². The van der Waals surface area contributed by atoms with Gasteiger partial charge in [0, 0.05) is 16.5 Å². The fourth-order valence-electron chi connectivity index (χ4n) is 1.84. The highest BCUT2D eigenvalue weighted by Crippen LogP contribution is 2.32. The maximum absolute atomic E-state index is 10.9. The summed E-state index contributed by atoms with van der Waals surface area (Å²) in [6, 6.07) is 13.5. The van der Waals surface area contributed by atoms with Crippen LogP contribution in [-0.4, -0.2) is 20.0 Å². The normalized spacial score (nSPS) is 10.1. The molecular formula is C16H15BrO3. The summed E-state index contributed by atoms with van der Waals surface area (Å²) >= 11 is 3.34. The molecule has 104 valence electrons. The number of hydrogen-bond acceptors (Lipinski definition) is 3. The van der Waals surface area contributed by atoms with E-state index in [9.17, 15) is 4.79 Å². The number of methoxy groups -OCH3 is 1. The molecule has 0 heterocycles. The summed E-state index contributed by atoms with van der Waals surface area (Å²) in [7, 11) is 1.56. The van der Waals surface area contributed by atoms with Gasteiger partial charge in [-0.3, -0.25) is 4.79 Å². The Bertz CT molecular complexity index is 582. The van der Waals surface area contributed by atoms with Crippen LogP contribution in [0.15, 0.2) is 46.9 Å². The third-order valence-corrected chi connectivity index (χ3v) is 3.59. The van der Waals surface area contributed by atoms with Crippen molar-refractivity contribution in [2.45, 2.75) is 6.42 Å². The van der Waals surface area contributed by atoms with Crippen molar-refractivity contribution in [3.63, 3.8) is 0 Å². The Morgan fingerprint density at radius 3 is 2.55 bits per heavy atom. The Hall–Kier alpha value is -1.81. The van der Waals surface area contributed by atoms with Crippen molar-refractivity contribution in [3.05, 3.63) is 58.1 Å². The number of hydrogen-bond donors (Lipinski definition) is 0. The van der Waals surface area contributed by atoms with Gasteiger partial charge in [0.05, 0.1) is 13.7 Å². The molecule has 2 aromatic rings. The van der Waals surface area contributed by atoms with E-state index >= 15 is 0 Å². The van der Waals surface area contributed by atoms with Crippen LogP contribution >= 0.6 is 15.9 Å². The summed E-state index contributed by atoms with van der Waals surface area (Å²) in [6.45, 7) is 0.549. The summed E-state index contributed by atoms with van der Waals surface area (Å²) in [5, 5.41) is 0. The quantitative estimate of drug-likeness (QED) is 0.752. The zero-order chi connectivity index (χ0) is 14.4. The van der Waals surface area contributed by atoms with Gasteiger partial charge < -0.3 is 9.47 Å². The maximum Gasteiger partial charge on any atom is 0.162 e. The van der Waals surface area contributed by atoms with Crippen LogP contribution in [-0.2, 0) is 6.42 Å². The number of carbonyl (C=O) groups excluding carboxylic acids is 1. The Kier molecular flexibility index (Phi) is 5.18. The number of halogens is 1. The average molecular weight is 335 g/mol. The molecule has 0 saturated carbocycles. The van der Waals surface area contributed by atoms with Gasteiger partial charge in [-0.2, -0.15) is 0 Å². The van der Waals surface area contributed by atoms with Gasteiger partial charge in [-0.15, -0.1) is 0 Å². The lowest BCUT2D eigenvalue weighted by Gasteiger charge is -2.12. The Labute approximate surface area is 126 Å². The van der Waals surface area contributed by atoms with Gasteiger partial charge in [0.2, 0.25) is 0 Å². The van der Waals surface area contributed by atoms with Crippen molar-refractivity contribution in [1.29, 1.82) is 0 Å². The van der Waals surface area contributed by atoms with E-state index in [0.29, 0.717) is 28.1 Å². The number of carbonyl (C=O) groups is 1. The summed E-state index contributed by atoms with van der Waals surface area (Å²) in [5.74, 6) is 1.18. The molecule has 2 aromatic carbocycles. The number of aldehydes is 1. The second-order valence-electron chi connectivity index (χ2n) is 4.23. The average Bonchev–Trinajstić information content (AvgIpc) is 2.48. The van der Waals surface area contributed by atoms with Gasteiger partial charge in [-0.05, 0) is 33.6 Å². The third kappa shape index (κ3) is 3.61. The van der Waals surface area contributed by atoms with Crippen molar-refractivity contribution >= 4 is 22.2 Å². The molecule has 0 N–H and O–H groups in total. The van der Waals surface area contributed by atoms with Crippen LogP contribution in [0.4, 0.5) is 0 Å². The largest absolute Gasteiger partial charge is 0.493 e. The Balaban J connectivity index is 2.05. The minimum Gasteiger partial charge on any atom is -0.493 e. The van der Waals surface area contributed by atoms with E-state index in [1.807, 2.05) is 18.2 Å². The zero-order valence-electron chi connectivity index (χ0n) is 11.1. The van der Waals surface area contributed by atoms with Crippen LogP contribution in [0.25, 0.3) is 0 Å². The van der Waals surface area contributed by atoms with E-state index in [-0.39, 0.29) is 0 Å². The Morgan fingerprint density at radius 2 is 1.90 bits per heavy atom. The lowest BCUT2D eigenvalue weighted by Crippen LogP contribution is -2.03. The monoisotopic (exact) mass is 334 g/mol. The molecule has 0 radical (unpaired) electrons. The highest BCUT2D eigenvalue weighted by atomic mass is 79.9. The van der Waals surface area contributed by atoms with Gasteiger partial charge in [0.25, 0.3) is 0 Å². The van der Waals surface area contributed by atoms with Crippen LogP contribution in [0.3, 0.4) is 0 Å². The van der Waals surface area contributed by atoms with E-state index in [2.05, 4.69) is 28.1 Å². The van der Waals surface area contributed by atoms with E-state index in [1.165, 1.54) is 5.56 Å². The number of ether oxygens (including phenoxy) is 2. The fourth-order valence-corrected chi connectivity index (χ4v) is 2.25. The second kappa shape index (κ2) is 7.10. The standard InChI is InChI=1S/C16H15BrO3/c1-19-15-9-13(11-18)14(17)10-16(15)20-8-7-12-5-3-2-4-6-12/h2-6,9-11H,7-8H2,1H3. The molecule has 0 spiro atoms. The SMILES string of the molecule is COc1cc(C=O)c(Br)cc1OCCc1ccccc1. The Morgan fingerprint density at radius 1 is 1.15 bits per heavy atom. The minimum atomic E-state index is 0.539. The van der Waals surface area contributed by atoms with E-state index < -0.39 is 0 Å². The molecule has 0 unspecified atom stereocenters. The van der Waals surface area contributed by atoms with Crippen LogP contribution < -0.4 is 9.47 Å². The first-order valence-corrected chi connectivity index (χ1v) is 7.03. The topological polar surface area (TPSA) is 35.5 Å². The first-order valence-electron chi connectivity index (χ1n) is 6.24. The smallest absolute Gasteiger partial charge is 0.162 e. The highest BCUT2D eigenvalue weighted by molar-refractivity contribution is 9.10. The fraction of sp³-hybridized carbons (Fsp3) is 0.188. The van der Waals surface area contributed by atoms with E-state index in [1.54, 1.807) is 19.2 Å². The van der Waals surface area contributed by atoms with Gasteiger partial charge in [0.15, 0.2) is 17.8 Å². The molecule has 0 atom stereocenters. The zero-order valence-corrected chi connectivity index (χ0v) is 12.7. The molecule has 2 rings (SSSR count). The molecule has 3 nitrogen and oxygen atoms in total. The van der Waals surface area contributed by atoms with E-state index in [0.717, 1.165) is 12.7 Å². The lowest BCUT2D eigenvalue weighted by atomic mass is 10.2. The molecule has 20 heavy (non-hydrogen) atoms. The van der Waals surface area contributed by atoms with Gasteiger partial charge in [-0.25, -0.2) is 0 Å². The van der Waals surface area contributed by atoms with E-state index in [4.69, 9.17) is 9.47 Å². The summed E-state index contributed by atoms with van der Waals surface area (Å²) in [6.07, 6.45) is 1.59. The summed E-state index contributed by atoms with van der Waals surface area (Å²) in [4.78, 5) is 10.9. The predicted octanol–water partition coefficient (Wildman–Crippen LogP) is 3.89. The molecule has 0 amide bonds. The first kappa shape index (κ1) is 14.6. The molecule has 4 heteroatoms. The predicted molar refractivity (Wildman–Crippen MR) is 81.7 cm³/mol. The summed E-state index contributed by atoms with van der Waals surface area (Å²) < 4.78 is 11.7. The molecule has 0 saturated heterocycles. The second-order valence-corrected chi connectivity index (χ2v) is 5.08. The molecule has 0 aliphatic carbocycles. The number of benzene rings is 2. The molecule has 0 fully saturated rings. The van der Waals surface area contributed by atoms with Gasteiger partial charge >= 0.3 is 0 Å². The molecule has 0 aromatic heterocycles. The summed E-state index contributed by atoms with van der Waals surface area (Å²) in [5.41, 5.74) is 1.76. The van der Waals surface area contributed by atoms with Crippen molar-refractivity contribution in [2.75, 3.05) is 13.7 Å². The van der Waals surface area contributed by atoms with Crippen LogP contribution in [0.5, 0.6) is 11.5 Å². The van der Waals surface area contributed by atoms with Crippen LogP contribution in [0.1, 0.15) is 15.9 Å². The van der Waals surface area contributed by atoms with Crippen molar-refractivity contribution < 1.29 is 14.3 Å². The first-order chi connectivity index (χ1) is 9.74. The minimum absolute atomic E-state index is 0.539. The third-order valence-electron chi connectivity index (χ3n) is 2.90. The van der Waals surface area contributed by atoms with Gasteiger partial charge in [-0.1, -0.05) is 30.3 Å². The van der Waals surface area contributed by atoms with Crippen LogP contribution in [0.2, 0.25) is 0 Å². The molecule has 0 bridgehead atoms. The highest BCUT2D eigenvalue weighted by Gasteiger charge is 2.09. The van der Waals surface area contributed by atoms with Crippen molar-refractivity contribution in [1.82, 2.24) is 0 Å².